The normalized spacial score (nSPS) is 17.2. The molecule has 0 spiro atoms. The molecule has 0 N–H and O–H groups in total. The van der Waals surface area contributed by atoms with Crippen LogP contribution in [0.25, 0.3) is 22.4 Å². The molecule has 3 heterocycles. The molecule has 1 aliphatic rings. The molecule has 7 heteroatoms. The molecule has 1 aliphatic heterocycles. The molecule has 0 aliphatic carbocycles. The number of para-hydroxylation sites is 1. The number of aromatic nitrogens is 4. The second-order valence-corrected chi connectivity index (χ2v) is 8.40. The average Bonchev–Trinajstić information content (AvgIpc) is 3.18. The van der Waals surface area contributed by atoms with Crippen molar-refractivity contribution in [3.63, 3.8) is 0 Å². The van der Waals surface area contributed by atoms with Crippen LogP contribution in [0.15, 0.2) is 58.5 Å². The molecule has 4 aromatic rings. The van der Waals surface area contributed by atoms with Crippen molar-refractivity contribution in [1.29, 1.82) is 0 Å². The van der Waals surface area contributed by atoms with E-state index in [9.17, 15) is 4.79 Å². The Balaban J connectivity index is 1.67. The highest BCUT2D eigenvalue weighted by molar-refractivity contribution is 7.99. The number of aryl methyl sites for hydroxylation is 1. The maximum absolute atomic E-state index is 13.3. The fourth-order valence-corrected chi connectivity index (χ4v) is 4.81. The third-order valence-electron chi connectivity index (χ3n) is 5.36. The van der Waals surface area contributed by atoms with Gasteiger partial charge < -0.3 is 4.74 Å². The fourth-order valence-electron chi connectivity index (χ4n) is 3.81. The largest absolute Gasteiger partial charge is 0.377 e. The Hall–Kier alpha value is -2.64. The van der Waals surface area contributed by atoms with E-state index in [0.717, 1.165) is 47.1 Å². The van der Waals surface area contributed by atoms with E-state index in [2.05, 4.69) is 10.2 Å². The first-order valence-corrected chi connectivity index (χ1v) is 10.9. The van der Waals surface area contributed by atoms with Gasteiger partial charge >= 0.3 is 0 Å². The van der Waals surface area contributed by atoms with E-state index in [1.54, 1.807) is 16.3 Å². The molecule has 2 aromatic heterocycles. The maximum atomic E-state index is 13.3. The summed E-state index contributed by atoms with van der Waals surface area (Å²) in [5.41, 5.74) is 2.67. The molecule has 6 nitrogen and oxygen atoms in total. The summed E-state index contributed by atoms with van der Waals surface area (Å²) in [6.07, 6.45) is 3.68. The van der Waals surface area contributed by atoms with Gasteiger partial charge in [0, 0.05) is 12.4 Å². The number of ether oxygens (including phenoxy) is 1. The summed E-state index contributed by atoms with van der Waals surface area (Å²) in [6, 6.07) is 15.5. The van der Waals surface area contributed by atoms with E-state index in [4.69, 9.17) is 4.74 Å². The predicted molar refractivity (Wildman–Crippen MR) is 115 cm³/mol. The number of benzene rings is 2. The lowest BCUT2D eigenvalue weighted by molar-refractivity contribution is 0.0315. The highest BCUT2D eigenvalue weighted by Crippen LogP contribution is 2.26. The molecule has 1 saturated heterocycles. The van der Waals surface area contributed by atoms with E-state index in [1.807, 2.05) is 59.9 Å². The van der Waals surface area contributed by atoms with Crippen LogP contribution < -0.4 is 5.56 Å². The number of nitrogens with zero attached hydrogens (tertiary/aromatic N) is 4. The molecule has 0 saturated carbocycles. The summed E-state index contributed by atoms with van der Waals surface area (Å²) >= 11 is 1.64. The summed E-state index contributed by atoms with van der Waals surface area (Å²) in [7, 11) is 0. The fraction of sp³-hybridized carbons (Fsp3) is 0.318. The van der Waals surface area contributed by atoms with Crippen LogP contribution >= 0.6 is 11.8 Å². The molecule has 1 unspecified atom stereocenters. The van der Waals surface area contributed by atoms with Gasteiger partial charge in [0.15, 0.2) is 5.16 Å². The first-order valence-electron chi connectivity index (χ1n) is 9.93. The van der Waals surface area contributed by atoms with Crippen LogP contribution in [-0.2, 0) is 4.74 Å². The molecular formula is C22H22N4O2S. The predicted octanol–water partition coefficient (Wildman–Crippen LogP) is 4.00. The Kier molecular flexibility index (Phi) is 4.85. The van der Waals surface area contributed by atoms with Gasteiger partial charge in [0.05, 0.1) is 22.7 Å². The minimum atomic E-state index is -0.0866. The van der Waals surface area contributed by atoms with Gasteiger partial charge in [-0.05, 0) is 50.5 Å². The summed E-state index contributed by atoms with van der Waals surface area (Å²) in [5.74, 6) is 1.36. The van der Waals surface area contributed by atoms with Crippen molar-refractivity contribution in [2.45, 2.75) is 37.4 Å². The third-order valence-corrected chi connectivity index (χ3v) is 6.42. The summed E-state index contributed by atoms with van der Waals surface area (Å²) < 4.78 is 9.50. The van der Waals surface area contributed by atoms with Crippen molar-refractivity contribution < 1.29 is 4.74 Å². The van der Waals surface area contributed by atoms with Crippen molar-refractivity contribution in [1.82, 2.24) is 19.2 Å². The van der Waals surface area contributed by atoms with Crippen LogP contribution in [0.1, 0.15) is 24.8 Å². The summed E-state index contributed by atoms with van der Waals surface area (Å²) in [5, 5.41) is 10.3. The Morgan fingerprint density at radius 2 is 1.93 bits per heavy atom. The van der Waals surface area contributed by atoms with Gasteiger partial charge in [0.2, 0.25) is 5.78 Å². The molecule has 2 aromatic carbocycles. The zero-order valence-corrected chi connectivity index (χ0v) is 17.1. The Labute approximate surface area is 172 Å². The number of rotatable bonds is 4. The van der Waals surface area contributed by atoms with E-state index >= 15 is 0 Å². The molecule has 1 fully saturated rings. The Morgan fingerprint density at radius 3 is 2.72 bits per heavy atom. The number of thioether (sulfide) groups is 1. The number of fused-ring (bicyclic) bond motifs is 3. The van der Waals surface area contributed by atoms with Crippen LogP contribution in [0.5, 0.6) is 0 Å². The molecule has 148 valence electrons. The van der Waals surface area contributed by atoms with Gasteiger partial charge in [0.1, 0.15) is 0 Å². The van der Waals surface area contributed by atoms with Gasteiger partial charge in [-0.1, -0.05) is 41.6 Å². The van der Waals surface area contributed by atoms with Gasteiger partial charge in [0.25, 0.3) is 5.56 Å². The van der Waals surface area contributed by atoms with Gasteiger partial charge in [-0.25, -0.2) is 4.57 Å². The molecule has 0 radical (unpaired) electrons. The van der Waals surface area contributed by atoms with Crippen molar-refractivity contribution in [3.05, 3.63) is 64.4 Å². The highest BCUT2D eigenvalue weighted by Gasteiger charge is 2.20. The average molecular weight is 407 g/mol. The minimum absolute atomic E-state index is 0.0866. The first kappa shape index (κ1) is 18.4. The first-order chi connectivity index (χ1) is 14.2. The maximum Gasteiger partial charge on any atom is 0.267 e. The van der Waals surface area contributed by atoms with Crippen LogP contribution in [0.2, 0.25) is 0 Å². The molecule has 0 bridgehead atoms. The molecule has 29 heavy (non-hydrogen) atoms. The van der Waals surface area contributed by atoms with Crippen LogP contribution in [0, 0.1) is 6.92 Å². The van der Waals surface area contributed by atoms with Gasteiger partial charge in [-0.3, -0.25) is 9.20 Å². The van der Waals surface area contributed by atoms with Crippen molar-refractivity contribution in [2.24, 2.45) is 0 Å². The van der Waals surface area contributed by atoms with Crippen molar-refractivity contribution in [3.8, 4) is 5.69 Å². The van der Waals surface area contributed by atoms with E-state index in [-0.39, 0.29) is 11.7 Å². The van der Waals surface area contributed by atoms with Gasteiger partial charge in [-0.15, -0.1) is 10.2 Å². The molecule has 0 amide bonds. The summed E-state index contributed by atoms with van der Waals surface area (Å²) in [6.45, 7) is 2.86. The topological polar surface area (TPSA) is 61.4 Å². The van der Waals surface area contributed by atoms with Gasteiger partial charge in [-0.2, -0.15) is 0 Å². The van der Waals surface area contributed by atoms with Crippen molar-refractivity contribution in [2.75, 3.05) is 12.4 Å². The second-order valence-electron chi connectivity index (χ2n) is 7.41. The second kappa shape index (κ2) is 7.65. The highest BCUT2D eigenvalue weighted by atomic mass is 32.2. The molecule has 5 rings (SSSR count). The monoisotopic (exact) mass is 406 g/mol. The minimum Gasteiger partial charge on any atom is -0.377 e. The van der Waals surface area contributed by atoms with E-state index in [0.29, 0.717) is 11.2 Å². The number of hydrogen-bond acceptors (Lipinski definition) is 5. The Bertz CT molecular complexity index is 1220. The zero-order valence-electron chi connectivity index (χ0n) is 16.2. The Morgan fingerprint density at radius 1 is 1.10 bits per heavy atom. The molecular weight excluding hydrogens is 384 g/mol. The van der Waals surface area contributed by atoms with Crippen molar-refractivity contribution >= 4 is 28.4 Å². The standard InChI is InChI=1S/C22H22N4O2S/c1-15-9-11-16(12-10-15)25-20(27)18-7-2-3-8-19(18)26-21(25)23-24-22(26)29-14-17-6-4-5-13-28-17/h2-3,7-12,17H,4-6,13-14H2,1H3. The zero-order chi connectivity index (χ0) is 19.8. The van der Waals surface area contributed by atoms with Crippen LogP contribution in [0.4, 0.5) is 0 Å². The van der Waals surface area contributed by atoms with E-state index in [1.165, 1.54) is 6.42 Å². The lowest BCUT2D eigenvalue weighted by Gasteiger charge is -2.21. The van der Waals surface area contributed by atoms with Crippen LogP contribution in [-0.4, -0.2) is 37.6 Å². The summed E-state index contributed by atoms with van der Waals surface area (Å²) in [4.78, 5) is 13.3. The smallest absolute Gasteiger partial charge is 0.267 e. The quantitative estimate of drug-likeness (QED) is 0.480. The lowest BCUT2D eigenvalue weighted by atomic mass is 10.1. The molecule has 1 atom stereocenters. The third kappa shape index (κ3) is 3.34. The lowest BCUT2D eigenvalue weighted by Crippen LogP contribution is -2.22. The number of hydrogen-bond donors (Lipinski definition) is 0. The van der Waals surface area contributed by atoms with E-state index < -0.39 is 0 Å². The van der Waals surface area contributed by atoms with Crippen LogP contribution in [0.3, 0.4) is 0 Å². The SMILES string of the molecule is Cc1ccc(-n2c(=O)c3ccccc3n3c(SCC4CCCCO4)nnc23)cc1.